The van der Waals surface area contributed by atoms with E-state index in [0.717, 1.165) is 30.7 Å². The molecule has 0 aliphatic rings. The molecule has 2 unspecified atom stereocenters. The molecule has 1 aromatic heterocycles. The fourth-order valence-corrected chi connectivity index (χ4v) is 2.88. The normalized spacial score (nSPS) is 14.1. The van der Waals surface area contributed by atoms with E-state index in [2.05, 4.69) is 17.2 Å². The third kappa shape index (κ3) is 6.16. The average molecular weight is 283 g/mol. The largest absolute Gasteiger partial charge is 0.347 e. The number of amides is 1. The van der Waals surface area contributed by atoms with Crippen LogP contribution in [0, 0.1) is 5.92 Å². The van der Waals surface area contributed by atoms with Crippen molar-refractivity contribution >= 4 is 17.2 Å². The number of rotatable bonds is 9. The summed E-state index contributed by atoms with van der Waals surface area (Å²) in [6.07, 6.45) is 6.61. The van der Waals surface area contributed by atoms with Gasteiger partial charge in [0.25, 0.3) is 0 Å². The molecule has 0 aromatic carbocycles. The number of hydrogen-bond acceptors (Lipinski definition) is 4. The quantitative estimate of drug-likeness (QED) is 0.732. The summed E-state index contributed by atoms with van der Waals surface area (Å²) < 4.78 is 0. The Morgan fingerprint density at radius 3 is 2.84 bits per heavy atom. The van der Waals surface area contributed by atoms with Gasteiger partial charge in [0.1, 0.15) is 5.01 Å². The molecule has 5 heteroatoms. The van der Waals surface area contributed by atoms with Gasteiger partial charge in [0.2, 0.25) is 5.91 Å². The maximum atomic E-state index is 11.9. The lowest BCUT2D eigenvalue weighted by Crippen LogP contribution is -2.27. The van der Waals surface area contributed by atoms with E-state index < -0.39 is 0 Å². The number of carbonyl (C=O) groups excluding carboxylic acids is 1. The Balaban J connectivity index is 2.30. The van der Waals surface area contributed by atoms with Crippen LogP contribution >= 0.6 is 11.3 Å². The molecule has 2 atom stereocenters. The van der Waals surface area contributed by atoms with Crippen molar-refractivity contribution in [3.05, 3.63) is 16.6 Å². The van der Waals surface area contributed by atoms with Crippen molar-refractivity contribution in [1.82, 2.24) is 10.3 Å². The maximum Gasteiger partial charge on any atom is 0.220 e. The minimum Gasteiger partial charge on any atom is -0.347 e. The first-order valence-corrected chi connectivity index (χ1v) is 7.94. The highest BCUT2D eigenvalue weighted by atomic mass is 32.1. The number of thiazole rings is 1. The van der Waals surface area contributed by atoms with E-state index in [1.54, 1.807) is 17.5 Å². The molecule has 1 aromatic rings. The van der Waals surface area contributed by atoms with Gasteiger partial charge in [-0.2, -0.15) is 0 Å². The van der Waals surface area contributed by atoms with E-state index in [-0.39, 0.29) is 11.9 Å². The molecule has 108 valence electrons. The van der Waals surface area contributed by atoms with Crippen LogP contribution in [0.25, 0.3) is 0 Å². The van der Waals surface area contributed by atoms with Crippen molar-refractivity contribution < 1.29 is 4.79 Å². The van der Waals surface area contributed by atoms with E-state index in [0.29, 0.717) is 18.9 Å². The highest BCUT2D eigenvalue weighted by Gasteiger charge is 2.14. The molecule has 0 spiro atoms. The summed E-state index contributed by atoms with van der Waals surface area (Å²) in [5.74, 6) is 0.691. The highest BCUT2D eigenvalue weighted by Crippen LogP contribution is 2.18. The molecule has 1 amide bonds. The number of nitrogens with one attached hydrogen (secondary N) is 1. The topological polar surface area (TPSA) is 68.0 Å². The van der Waals surface area contributed by atoms with Crippen molar-refractivity contribution in [3.8, 4) is 0 Å². The molecule has 1 heterocycles. The monoisotopic (exact) mass is 283 g/mol. The van der Waals surface area contributed by atoms with Crippen LogP contribution in [0.3, 0.4) is 0 Å². The van der Waals surface area contributed by atoms with Crippen LogP contribution < -0.4 is 11.1 Å². The van der Waals surface area contributed by atoms with E-state index in [1.807, 2.05) is 12.3 Å². The lowest BCUT2D eigenvalue weighted by atomic mass is 9.94. The van der Waals surface area contributed by atoms with Gasteiger partial charge < -0.3 is 11.1 Å². The molecule has 0 fully saturated rings. The van der Waals surface area contributed by atoms with Gasteiger partial charge in [-0.15, -0.1) is 11.3 Å². The molecule has 0 saturated carbocycles. The van der Waals surface area contributed by atoms with Crippen LogP contribution in [0.2, 0.25) is 0 Å². The second-order valence-electron chi connectivity index (χ2n) is 4.93. The first-order valence-electron chi connectivity index (χ1n) is 7.06. The van der Waals surface area contributed by atoms with Crippen LogP contribution in [0.15, 0.2) is 11.6 Å². The van der Waals surface area contributed by atoms with Gasteiger partial charge in [0, 0.05) is 18.0 Å². The number of aromatic nitrogens is 1. The van der Waals surface area contributed by atoms with Gasteiger partial charge in [-0.05, 0) is 32.2 Å². The van der Waals surface area contributed by atoms with Gasteiger partial charge in [-0.1, -0.05) is 19.8 Å². The maximum absolute atomic E-state index is 11.9. The van der Waals surface area contributed by atoms with Gasteiger partial charge in [-0.25, -0.2) is 4.98 Å². The van der Waals surface area contributed by atoms with Crippen LogP contribution in [-0.4, -0.2) is 17.4 Å². The van der Waals surface area contributed by atoms with Crippen molar-refractivity contribution in [2.75, 3.05) is 6.54 Å². The highest BCUT2D eigenvalue weighted by molar-refractivity contribution is 7.09. The van der Waals surface area contributed by atoms with Crippen LogP contribution in [-0.2, 0) is 4.79 Å². The first kappa shape index (κ1) is 16.1. The van der Waals surface area contributed by atoms with Gasteiger partial charge in [0.15, 0.2) is 0 Å². The smallest absolute Gasteiger partial charge is 0.220 e. The second-order valence-corrected chi connectivity index (χ2v) is 5.86. The molecule has 4 nitrogen and oxygen atoms in total. The molecule has 3 N–H and O–H groups in total. The average Bonchev–Trinajstić information content (AvgIpc) is 2.90. The Morgan fingerprint density at radius 2 is 2.26 bits per heavy atom. The first-order chi connectivity index (χ1) is 9.17. The van der Waals surface area contributed by atoms with Crippen LogP contribution in [0.1, 0.15) is 57.0 Å². The van der Waals surface area contributed by atoms with Gasteiger partial charge in [0.05, 0.1) is 6.04 Å². The summed E-state index contributed by atoms with van der Waals surface area (Å²) >= 11 is 1.57. The van der Waals surface area contributed by atoms with Crippen molar-refractivity contribution in [2.24, 2.45) is 11.7 Å². The number of nitrogens with zero attached hydrogens (tertiary/aromatic N) is 1. The molecule has 19 heavy (non-hydrogen) atoms. The minimum atomic E-state index is 0.00614. The Labute approximate surface area is 119 Å². The fraction of sp³-hybridized carbons (Fsp3) is 0.714. The van der Waals surface area contributed by atoms with E-state index in [1.165, 1.54) is 0 Å². The molecule has 0 aliphatic carbocycles. The zero-order valence-corrected chi connectivity index (χ0v) is 12.7. The molecule has 1 rings (SSSR count). The van der Waals surface area contributed by atoms with Gasteiger partial charge in [-0.3, -0.25) is 4.79 Å². The third-order valence-electron chi connectivity index (χ3n) is 3.25. The van der Waals surface area contributed by atoms with Crippen LogP contribution in [0.4, 0.5) is 0 Å². The van der Waals surface area contributed by atoms with E-state index in [4.69, 9.17) is 5.73 Å². The van der Waals surface area contributed by atoms with Crippen molar-refractivity contribution in [3.63, 3.8) is 0 Å². The fourth-order valence-electron chi connectivity index (χ4n) is 2.24. The number of nitrogens with two attached hydrogens (primary N) is 1. The summed E-state index contributed by atoms with van der Waals surface area (Å²) in [5, 5.41) is 5.89. The molecular formula is C14H25N3OS. The van der Waals surface area contributed by atoms with Crippen molar-refractivity contribution in [1.29, 1.82) is 0 Å². The molecule has 0 aliphatic heterocycles. The predicted molar refractivity (Wildman–Crippen MR) is 80.0 cm³/mol. The standard InChI is InChI=1S/C14H25N3OS/c1-3-4-12(7-8-15)5-6-13(18)17-11(2)14-16-9-10-19-14/h9-12H,3-8,15H2,1-2H3,(H,17,18). The summed E-state index contributed by atoms with van der Waals surface area (Å²) in [7, 11) is 0. The molecule has 0 saturated heterocycles. The van der Waals surface area contributed by atoms with Gasteiger partial charge >= 0.3 is 0 Å². The predicted octanol–water partition coefficient (Wildman–Crippen LogP) is 2.87. The molecule has 0 bridgehead atoms. The zero-order chi connectivity index (χ0) is 14.1. The number of carbonyl (C=O) groups is 1. The summed E-state index contributed by atoms with van der Waals surface area (Å²) in [5.41, 5.74) is 5.60. The summed E-state index contributed by atoms with van der Waals surface area (Å²) in [4.78, 5) is 16.1. The Hall–Kier alpha value is -0.940. The van der Waals surface area contributed by atoms with E-state index in [9.17, 15) is 4.79 Å². The SMILES string of the molecule is CCCC(CCN)CCC(=O)NC(C)c1nccs1. The second kappa shape index (κ2) is 9.04. The summed E-state index contributed by atoms with van der Waals surface area (Å²) in [6, 6.07) is 0.00614. The third-order valence-corrected chi connectivity index (χ3v) is 4.21. The Kier molecular flexibility index (Phi) is 7.67. The number of hydrogen-bond donors (Lipinski definition) is 2. The summed E-state index contributed by atoms with van der Waals surface area (Å²) in [6.45, 7) is 4.86. The lowest BCUT2D eigenvalue weighted by Gasteiger charge is -2.16. The van der Waals surface area contributed by atoms with E-state index >= 15 is 0 Å². The minimum absolute atomic E-state index is 0.00614. The Bertz CT molecular complexity index is 348. The Morgan fingerprint density at radius 1 is 1.47 bits per heavy atom. The van der Waals surface area contributed by atoms with Crippen molar-refractivity contribution in [2.45, 2.75) is 52.0 Å². The molecule has 0 radical (unpaired) electrons. The zero-order valence-electron chi connectivity index (χ0n) is 11.9. The molecular weight excluding hydrogens is 258 g/mol. The van der Waals surface area contributed by atoms with Crippen LogP contribution in [0.5, 0.6) is 0 Å². The lowest BCUT2D eigenvalue weighted by molar-refractivity contribution is -0.122.